The Labute approximate surface area is 111 Å². The van der Waals surface area contributed by atoms with E-state index >= 15 is 0 Å². The van der Waals surface area contributed by atoms with E-state index < -0.39 is 0 Å². The van der Waals surface area contributed by atoms with E-state index in [-0.39, 0.29) is 11.7 Å². The molecule has 0 unspecified atom stereocenters. The van der Waals surface area contributed by atoms with Crippen LogP contribution in [-0.2, 0) is 4.74 Å². The molecule has 7 heteroatoms. The molecule has 0 saturated heterocycles. The lowest BCUT2D eigenvalue weighted by Crippen LogP contribution is -2.27. The van der Waals surface area contributed by atoms with Gasteiger partial charge in [-0.2, -0.15) is 0 Å². The molecule has 102 valence electrons. The SMILES string of the molecule is COCCNc1nc(N)c(C(=O)NCC(C)C)s1. The van der Waals surface area contributed by atoms with Gasteiger partial charge in [0.05, 0.1) is 6.61 Å². The molecule has 0 spiro atoms. The number of nitrogen functional groups attached to an aromatic ring is 1. The Morgan fingerprint density at radius 2 is 2.28 bits per heavy atom. The summed E-state index contributed by atoms with van der Waals surface area (Å²) in [6.45, 7) is 5.91. The molecule has 1 rings (SSSR count). The summed E-state index contributed by atoms with van der Waals surface area (Å²) in [5, 5.41) is 6.51. The number of carbonyl (C=O) groups excluding carboxylic acids is 1. The van der Waals surface area contributed by atoms with E-state index in [2.05, 4.69) is 15.6 Å². The highest BCUT2D eigenvalue weighted by molar-refractivity contribution is 7.18. The van der Waals surface area contributed by atoms with E-state index in [0.29, 0.717) is 35.6 Å². The van der Waals surface area contributed by atoms with Gasteiger partial charge in [0.25, 0.3) is 5.91 Å². The molecule has 18 heavy (non-hydrogen) atoms. The summed E-state index contributed by atoms with van der Waals surface area (Å²) in [5.74, 6) is 0.502. The average Bonchev–Trinajstić information content (AvgIpc) is 2.68. The molecule has 0 aliphatic heterocycles. The first-order valence-electron chi connectivity index (χ1n) is 5.82. The predicted molar refractivity (Wildman–Crippen MR) is 74.1 cm³/mol. The fourth-order valence-electron chi connectivity index (χ4n) is 1.21. The summed E-state index contributed by atoms with van der Waals surface area (Å²) >= 11 is 1.25. The number of hydrogen-bond acceptors (Lipinski definition) is 6. The Bertz CT molecular complexity index is 392. The van der Waals surface area contributed by atoms with Gasteiger partial charge in [0.15, 0.2) is 5.13 Å². The summed E-state index contributed by atoms with van der Waals surface area (Å²) < 4.78 is 4.92. The molecule has 0 aliphatic carbocycles. The number of amides is 1. The van der Waals surface area contributed by atoms with Crippen LogP contribution in [0.4, 0.5) is 10.9 Å². The highest BCUT2D eigenvalue weighted by Crippen LogP contribution is 2.24. The van der Waals surface area contributed by atoms with Gasteiger partial charge in [0, 0.05) is 20.2 Å². The van der Waals surface area contributed by atoms with E-state index in [0.717, 1.165) is 0 Å². The monoisotopic (exact) mass is 272 g/mol. The highest BCUT2D eigenvalue weighted by Gasteiger charge is 2.15. The van der Waals surface area contributed by atoms with Gasteiger partial charge in [-0.3, -0.25) is 4.79 Å². The summed E-state index contributed by atoms with van der Waals surface area (Å²) in [5.41, 5.74) is 5.72. The van der Waals surface area contributed by atoms with E-state index in [1.807, 2.05) is 13.8 Å². The summed E-state index contributed by atoms with van der Waals surface area (Å²) in [6.07, 6.45) is 0. The molecule has 0 aromatic carbocycles. The van der Waals surface area contributed by atoms with E-state index in [1.165, 1.54) is 11.3 Å². The molecule has 1 aromatic heterocycles. The Balaban J connectivity index is 2.57. The molecular weight excluding hydrogens is 252 g/mol. The number of ether oxygens (including phenoxy) is 1. The first-order chi connectivity index (χ1) is 8.54. The van der Waals surface area contributed by atoms with Crippen molar-refractivity contribution in [2.24, 2.45) is 5.92 Å². The maximum Gasteiger partial charge on any atom is 0.265 e. The second kappa shape index (κ2) is 7.17. The van der Waals surface area contributed by atoms with Crippen molar-refractivity contribution in [1.29, 1.82) is 0 Å². The summed E-state index contributed by atoms with van der Waals surface area (Å²) in [7, 11) is 1.63. The lowest BCUT2D eigenvalue weighted by atomic mass is 10.2. The lowest BCUT2D eigenvalue weighted by Gasteiger charge is -2.05. The number of aromatic nitrogens is 1. The normalized spacial score (nSPS) is 10.7. The zero-order chi connectivity index (χ0) is 13.5. The molecular formula is C11H20N4O2S. The van der Waals surface area contributed by atoms with Crippen LogP contribution in [0.3, 0.4) is 0 Å². The number of methoxy groups -OCH3 is 1. The summed E-state index contributed by atoms with van der Waals surface area (Å²) in [6, 6.07) is 0. The largest absolute Gasteiger partial charge is 0.383 e. The molecule has 0 saturated carbocycles. The van der Waals surface area contributed by atoms with Crippen LogP contribution in [0.5, 0.6) is 0 Å². The number of carbonyl (C=O) groups is 1. The average molecular weight is 272 g/mol. The van der Waals surface area contributed by atoms with Crippen LogP contribution < -0.4 is 16.4 Å². The number of hydrogen-bond donors (Lipinski definition) is 3. The molecule has 0 bridgehead atoms. The fraction of sp³-hybridized carbons (Fsp3) is 0.636. The first kappa shape index (κ1) is 14.7. The highest BCUT2D eigenvalue weighted by atomic mass is 32.1. The second-order valence-corrected chi connectivity index (χ2v) is 5.26. The van der Waals surface area contributed by atoms with Crippen LogP contribution in [0.25, 0.3) is 0 Å². The van der Waals surface area contributed by atoms with Gasteiger partial charge in [0.2, 0.25) is 0 Å². The van der Waals surface area contributed by atoms with Gasteiger partial charge >= 0.3 is 0 Å². The second-order valence-electron chi connectivity index (χ2n) is 4.26. The minimum absolute atomic E-state index is 0.168. The number of nitrogens with one attached hydrogen (secondary N) is 2. The third kappa shape index (κ3) is 4.50. The van der Waals surface area contributed by atoms with Gasteiger partial charge < -0.3 is 21.1 Å². The van der Waals surface area contributed by atoms with Crippen LogP contribution in [0.1, 0.15) is 23.5 Å². The predicted octanol–water partition coefficient (Wildman–Crippen LogP) is 1.17. The molecule has 0 radical (unpaired) electrons. The van der Waals surface area contributed by atoms with Crippen molar-refractivity contribution in [2.75, 3.05) is 37.9 Å². The zero-order valence-corrected chi connectivity index (χ0v) is 11.8. The molecule has 1 heterocycles. The minimum atomic E-state index is -0.168. The topological polar surface area (TPSA) is 89.3 Å². The fourth-order valence-corrected chi connectivity index (χ4v) is 2.03. The summed E-state index contributed by atoms with van der Waals surface area (Å²) in [4.78, 5) is 16.4. The van der Waals surface area contributed by atoms with Gasteiger partial charge in [-0.1, -0.05) is 25.2 Å². The molecule has 4 N–H and O–H groups in total. The molecule has 6 nitrogen and oxygen atoms in total. The van der Waals surface area contributed by atoms with Crippen LogP contribution in [0, 0.1) is 5.92 Å². The van der Waals surface area contributed by atoms with Crippen molar-refractivity contribution in [1.82, 2.24) is 10.3 Å². The smallest absolute Gasteiger partial charge is 0.265 e. The molecule has 1 amide bonds. The van der Waals surface area contributed by atoms with Crippen LogP contribution in [0.15, 0.2) is 0 Å². The number of rotatable bonds is 7. The number of anilines is 2. The van der Waals surface area contributed by atoms with Gasteiger partial charge in [-0.25, -0.2) is 4.98 Å². The van der Waals surface area contributed by atoms with E-state index in [4.69, 9.17) is 10.5 Å². The van der Waals surface area contributed by atoms with Gasteiger partial charge in [0.1, 0.15) is 10.7 Å². The first-order valence-corrected chi connectivity index (χ1v) is 6.63. The molecule has 0 atom stereocenters. The van der Waals surface area contributed by atoms with E-state index in [1.54, 1.807) is 7.11 Å². The minimum Gasteiger partial charge on any atom is -0.383 e. The van der Waals surface area contributed by atoms with Crippen molar-refractivity contribution in [3.05, 3.63) is 4.88 Å². The zero-order valence-electron chi connectivity index (χ0n) is 10.9. The van der Waals surface area contributed by atoms with Crippen molar-refractivity contribution in [3.63, 3.8) is 0 Å². The molecule has 1 aromatic rings. The molecule has 0 aliphatic rings. The Hall–Kier alpha value is -1.34. The Kier molecular flexibility index (Phi) is 5.87. The Morgan fingerprint density at radius 3 is 2.89 bits per heavy atom. The van der Waals surface area contributed by atoms with Crippen LogP contribution >= 0.6 is 11.3 Å². The maximum absolute atomic E-state index is 11.8. The third-order valence-corrected chi connectivity index (χ3v) is 3.14. The molecule has 0 fully saturated rings. The van der Waals surface area contributed by atoms with Gasteiger partial charge in [-0.15, -0.1) is 0 Å². The Morgan fingerprint density at radius 1 is 1.56 bits per heavy atom. The number of thiazole rings is 1. The van der Waals surface area contributed by atoms with Crippen molar-refractivity contribution in [2.45, 2.75) is 13.8 Å². The van der Waals surface area contributed by atoms with Crippen LogP contribution in [-0.4, -0.2) is 37.7 Å². The van der Waals surface area contributed by atoms with Crippen molar-refractivity contribution < 1.29 is 9.53 Å². The van der Waals surface area contributed by atoms with Crippen molar-refractivity contribution >= 4 is 28.2 Å². The number of nitrogens with zero attached hydrogens (tertiary/aromatic N) is 1. The maximum atomic E-state index is 11.8. The standard InChI is InChI=1S/C11H20N4O2S/c1-7(2)6-14-10(16)8-9(12)15-11(18-8)13-4-5-17-3/h7H,4-6,12H2,1-3H3,(H,13,15)(H,14,16). The van der Waals surface area contributed by atoms with Crippen LogP contribution in [0.2, 0.25) is 0 Å². The quantitative estimate of drug-likeness (QED) is 0.648. The number of nitrogens with two attached hydrogens (primary N) is 1. The van der Waals surface area contributed by atoms with Gasteiger partial charge in [-0.05, 0) is 5.92 Å². The van der Waals surface area contributed by atoms with Crippen molar-refractivity contribution in [3.8, 4) is 0 Å². The third-order valence-electron chi connectivity index (χ3n) is 2.11. The lowest BCUT2D eigenvalue weighted by molar-refractivity contribution is 0.0953. The van der Waals surface area contributed by atoms with E-state index in [9.17, 15) is 4.79 Å².